The highest BCUT2D eigenvalue weighted by Gasteiger charge is 2.43. The molecule has 0 aromatic heterocycles. The summed E-state index contributed by atoms with van der Waals surface area (Å²) in [5.74, 6) is -0.00349. The second-order valence-electron chi connectivity index (χ2n) is 5.38. The van der Waals surface area contributed by atoms with Crippen LogP contribution in [0.15, 0.2) is 30.3 Å². The standard InChI is InChI=1S/C15H22N2O2/c16-11-15(7-4-8-15)14(19)17-13(10-18)9-12-5-2-1-3-6-12/h1-3,5-6,13,18H,4,7-11,16H2,(H,17,19)/t13-/m1/s1. The molecule has 0 saturated heterocycles. The Hall–Kier alpha value is -1.39. The van der Waals surface area contributed by atoms with Gasteiger partial charge in [0.1, 0.15) is 0 Å². The highest BCUT2D eigenvalue weighted by Crippen LogP contribution is 2.40. The lowest BCUT2D eigenvalue weighted by Crippen LogP contribution is -2.53. The molecule has 4 heteroatoms. The Kier molecular flexibility index (Phi) is 4.56. The maximum atomic E-state index is 12.2. The Labute approximate surface area is 114 Å². The summed E-state index contributed by atoms with van der Waals surface area (Å²) in [6.07, 6.45) is 3.43. The minimum absolute atomic E-state index is 0.00349. The lowest BCUT2D eigenvalue weighted by molar-refractivity contribution is -0.136. The first-order valence-corrected chi connectivity index (χ1v) is 6.86. The Morgan fingerprint density at radius 3 is 2.53 bits per heavy atom. The van der Waals surface area contributed by atoms with Gasteiger partial charge >= 0.3 is 0 Å². The molecule has 1 fully saturated rings. The van der Waals surface area contributed by atoms with Gasteiger partial charge in [-0.25, -0.2) is 0 Å². The van der Waals surface area contributed by atoms with E-state index in [-0.39, 0.29) is 24.0 Å². The van der Waals surface area contributed by atoms with Crippen molar-refractivity contribution in [2.45, 2.75) is 31.7 Å². The van der Waals surface area contributed by atoms with Crippen molar-refractivity contribution in [3.05, 3.63) is 35.9 Å². The first-order valence-electron chi connectivity index (χ1n) is 6.86. The number of hydrogen-bond donors (Lipinski definition) is 3. The van der Waals surface area contributed by atoms with Crippen LogP contribution in [0.5, 0.6) is 0 Å². The number of benzene rings is 1. The van der Waals surface area contributed by atoms with E-state index < -0.39 is 0 Å². The van der Waals surface area contributed by atoms with Crippen molar-refractivity contribution < 1.29 is 9.90 Å². The van der Waals surface area contributed by atoms with Crippen molar-refractivity contribution in [2.24, 2.45) is 11.1 Å². The first kappa shape index (κ1) is 14.0. The topological polar surface area (TPSA) is 75.4 Å². The van der Waals surface area contributed by atoms with Crippen molar-refractivity contribution in [1.29, 1.82) is 0 Å². The summed E-state index contributed by atoms with van der Waals surface area (Å²) < 4.78 is 0. The number of hydrogen-bond acceptors (Lipinski definition) is 3. The molecular weight excluding hydrogens is 240 g/mol. The van der Waals surface area contributed by atoms with Crippen molar-refractivity contribution in [2.75, 3.05) is 13.2 Å². The van der Waals surface area contributed by atoms with Crippen LogP contribution in [0.3, 0.4) is 0 Å². The average molecular weight is 262 g/mol. The summed E-state index contributed by atoms with van der Waals surface area (Å²) in [5, 5.41) is 12.4. The fourth-order valence-corrected chi connectivity index (χ4v) is 2.53. The van der Waals surface area contributed by atoms with E-state index in [2.05, 4.69) is 5.32 Å². The van der Waals surface area contributed by atoms with Crippen LogP contribution in [-0.2, 0) is 11.2 Å². The lowest BCUT2D eigenvalue weighted by Gasteiger charge is -2.40. The van der Waals surface area contributed by atoms with Crippen LogP contribution in [-0.4, -0.2) is 30.2 Å². The number of aliphatic hydroxyl groups is 1. The van der Waals surface area contributed by atoms with E-state index >= 15 is 0 Å². The van der Waals surface area contributed by atoms with Crippen molar-refractivity contribution in [3.63, 3.8) is 0 Å². The summed E-state index contributed by atoms with van der Waals surface area (Å²) in [7, 11) is 0. The zero-order valence-corrected chi connectivity index (χ0v) is 11.1. The molecule has 104 valence electrons. The third-order valence-corrected chi connectivity index (χ3v) is 4.06. The van der Waals surface area contributed by atoms with Crippen molar-refractivity contribution in [1.82, 2.24) is 5.32 Å². The van der Waals surface area contributed by atoms with E-state index in [1.807, 2.05) is 30.3 Å². The van der Waals surface area contributed by atoms with Gasteiger partial charge in [-0.2, -0.15) is 0 Å². The second kappa shape index (κ2) is 6.17. The Bertz CT molecular complexity index is 410. The fourth-order valence-electron chi connectivity index (χ4n) is 2.53. The maximum Gasteiger partial charge on any atom is 0.227 e. The summed E-state index contributed by atoms with van der Waals surface area (Å²) in [4.78, 5) is 12.2. The number of carbonyl (C=O) groups is 1. The molecule has 4 nitrogen and oxygen atoms in total. The lowest BCUT2D eigenvalue weighted by atomic mass is 9.68. The minimum Gasteiger partial charge on any atom is -0.394 e. The van der Waals surface area contributed by atoms with Gasteiger partial charge in [0.2, 0.25) is 5.91 Å². The van der Waals surface area contributed by atoms with Crippen LogP contribution in [0.25, 0.3) is 0 Å². The normalized spacial score (nSPS) is 18.4. The fraction of sp³-hybridized carbons (Fsp3) is 0.533. The second-order valence-corrected chi connectivity index (χ2v) is 5.38. The molecule has 1 aromatic carbocycles. The molecule has 2 rings (SSSR count). The molecule has 0 aliphatic heterocycles. The highest BCUT2D eigenvalue weighted by atomic mass is 16.3. The third kappa shape index (κ3) is 3.14. The van der Waals surface area contributed by atoms with Crippen LogP contribution in [0.2, 0.25) is 0 Å². The summed E-state index contributed by atoms with van der Waals surface area (Å²) in [6.45, 7) is 0.337. The van der Waals surface area contributed by atoms with E-state index in [9.17, 15) is 9.90 Å². The van der Waals surface area contributed by atoms with Crippen LogP contribution >= 0.6 is 0 Å². The van der Waals surface area contributed by atoms with E-state index in [4.69, 9.17) is 5.73 Å². The number of aliphatic hydroxyl groups excluding tert-OH is 1. The minimum atomic E-state index is -0.385. The zero-order chi connectivity index (χ0) is 13.7. The molecule has 19 heavy (non-hydrogen) atoms. The summed E-state index contributed by atoms with van der Waals surface area (Å²) in [6, 6.07) is 9.62. The largest absolute Gasteiger partial charge is 0.394 e. The zero-order valence-electron chi connectivity index (χ0n) is 11.1. The molecule has 1 aliphatic rings. The predicted octanol–water partition coefficient (Wildman–Crippen LogP) is 0.835. The smallest absolute Gasteiger partial charge is 0.227 e. The molecule has 0 spiro atoms. The SMILES string of the molecule is NCC1(C(=O)N[C@@H](CO)Cc2ccccc2)CCC1. The van der Waals surface area contributed by atoms with Gasteiger partial charge in [0.05, 0.1) is 18.1 Å². The molecule has 4 N–H and O–H groups in total. The van der Waals surface area contributed by atoms with Gasteiger partial charge in [-0.05, 0) is 24.8 Å². The van der Waals surface area contributed by atoms with Crippen molar-refractivity contribution >= 4 is 5.91 Å². The van der Waals surface area contributed by atoms with Gasteiger partial charge in [0, 0.05) is 6.54 Å². The van der Waals surface area contributed by atoms with Gasteiger partial charge in [-0.15, -0.1) is 0 Å². The van der Waals surface area contributed by atoms with E-state index in [0.717, 1.165) is 24.8 Å². The highest BCUT2D eigenvalue weighted by molar-refractivity contribution is 5.84. The average Bonchev–Trinajstić information content (AvgIpc) is 2.38. The summed E-state index contributed by atoms with van der Waals surface area (Å²) >= 11 is 0. The molecule has 1 amide bonds. The van der Waals surface area contributed by atoms with Crippen molar-refractivity contribution in [3.8, 4) is 0 Å². The molecule has 1 atom stereocenters. The molecule has 1 saturated carbocycles. The summed E-state index contributed by atoms with van der Waals surface area (Å²) in [5.41, 5.74) is 6.44. The molecule has 0 bridgehead atoms. The number of rotatable bonds is 6. The van der Waals surface area contributed by atoms with Gasteiger partial charge in [0.25, 0.3) is 0 Å². The number of carbonyl (C=O) groups excluding carboxylic acids is 1. The monoisotopic (exact) mass is 262 g/mol. The quantitative estimate of drug-likeness (QED) is 0.711. The Balaban J connectivity index is 1.94. The van der Waals surface area contributed by atoms with Gasteiger partial charge in [-0.1, -0.05) is 36.8 Å². The molecule has 1 aromatic rings. The number of nitrogens with two attached hydrogens (primary N) is 1. The van der Waals surface area contributed by atoms with Crippen LogP contribution in [0.1, 0.15) is 24.8 Å². The van der Waals surface area contributed by atoms with Crippen LogP contribution in [0, 0.1) is 5.41 Å². The number of amides is 1. The molecule has 0 unspecified atom stereocenters. The first-order chi connectivity index (χ1) is 9.20. The number of nitrogens with one attached hydrogen (secondary N) is 1. The van der Waals surface area contributed by atoms with E-state index in [0.29, 0.717) is 13.0 Å². The third-order valence-electron chi connectivity index (χ3n) is 4.06. The predicted molar refractivity (Wildman–Crippen MR) is 74.5 cm³/mol. The van der Waals surface area contributed by atoms with Crippen LogP contribution < -0.4 is 11.1 Å². The van der Waals surface area contributed by atoms with Gasteiger partial charge in [-0.3, -0.25) is 4.79 Å². The maximum absolute atomic E-state index is 12.2. The molecule has 0 radical (unpaired) electrons. The Morgan fingerprint density at radius 2 is 2.05 bits per heavy atom. The van der Waals surface area contributed by atoms with Crippen LogP contribution in [0.4, 0.5) is 0 Å². The molecular formula is C15H22N2O2. The molecule has 0 heterocycles. The van der Waals surface area contributed by atoms with Gasteiger partial charge in [0.15, 0.2) is 0 Å². The van der Waals surface area contributed by atoms with E-state index in [1.165, 1.54) is 0 Å². The van der Waals surface area contributed by atoms with Gasteiger partial charge < -0.3 is 16.2 Å². The Morgan fingerprint density at radius 1 is 1.37 bits per heavy atom. The van der Waals surface area contributed by atoms with E-state index in [1.54, 1.807) is 0 Å². The molecule has 1 aliphatic carbocycles.